The molecule has 0 aromatic carbocycles. The maximum Gasteiger partial charge on any atom is -0.0229 e. The van der Waals surface area contributed by atoms with Crippen LogP contribution in [-0.2, 0) is 0 Å². The molecule has 0 aromatic heterocycles. The second-order valence-corrected chi connectivity index (χ2v) is 5.45. The Kier molecular flexibility index (Phi) is 4.63. The van der Waals surface area contributed by atoms with Crippen molar-refractivity contribution < 1.29 is 0 Å². The van der Waals surface area contributed by atoms with Gasteiger partial charge in [-0.15, -0.1) is 0 Å². The first-order valence-corrected chi connectivity index (χ1v) is 6.35. The SMILES string of the molecule is CC1=CC(C)CC1C.CC1=CCCC1C. The average molecular weight is 206 g/mol. The second-order valence-electron chi connectivity index (χ2n) is 5.45. The summed E-state index contributed by atoms with van der Waals surface area (Å²) < 4.78 is 0. The predicted molar refractivity (Wildman–Crippen MR) is 68.9 cm³/mol. The van der Waals surface area contributed by atoms with Gasteiger partial charge in [-0.2, -0.15) is 0 Å². The highest BCUT2D eigenvalue weighted by atomic mass is 14.2. The van der Waals surface area contributed by atoms with E-state index < -0.39 is 0 Å². The molecule has 0 saturated carbocycles. The highest BCUT2D eigenvalue weighted by molar-refractivity contribution is 5.10. The number of allylic oxidation sites excluding steroid dienone is 4. The van der Waals surface area contributed by atoms with Crippen LogP contribution in [0.2, 0.25) is 0 Å². The monoisotopic (exact) mass is 206 g/mol. The summed E-state index contributed by atoms with van der Waals surface area (Å²) in [5, 5.41) is 0. The van der Waals surface area contributed by atoms with E-state index >= 15 is 0 Å². The summed E-state index contributed by atoms with van der Waals surface area (Å²) in [4.78, 5) is 0. The molecule has 0 spiro atoms. The van der Waals surface area contributed by atoms with Crippen LogP contribution in [0.3, 0.4) is 0 Å². The van der Waals surface area contributed by atoms with Crippen molar-refractivity contribution in [1.29, 1.82) is 0 Å². The highest BCUT2D eigenvalue weighted by Crippen LogP contribution is 2.28. The van der Waals surface area contributed by atoms with Crippen molar-refractivity contribution >= 4 is 0 Å². The molecule has 3 unspecified atom stereocenters. The first kappa shape index (κ1) is 12.5. The highest BCUT2D eigenvalue weighted by Gasteiger charge is 2.15. The first-order chi connectivity index (χ1) is 7.00. The molecule has 0 nitrogen and oxygen atoms in total. The lowest BCUT2D eigenvalue weighted by molar-refractivity contribution is 0.577. The van der Waals surface area contributed by atoms with E-state index in [0.717, 1.165) is 17.8 Å². The maximum atomic E-state index is 2.38. The van der Waals surface area contributed by atoms with Gasteiger partial charge in [-0.1, -0.05) is 44.1 Å². The largest absolute Gasteiger partial charge is 0.0853 e. The Labute approximate surface area is 95.5 Å². The summed E-state index contributed by atoms with van der Waals surface area (Å²) in [6, 6.07) is 0. The van der Waals surface area contributed by atoms with Crippen LogP contribution in [0.5, 0.6) is 0 Å². The fraction of sp³-hybridized carbons (Fsp3) is 0.733. The van der Waals surface area contributed by atoms with Gasteiger partial charge in [-0.25, -0.2) is 0 Å². The summed E-state index contributed by atoms with van der Waals surface area (Å²) in [6.07, 6.45) is 8.78. The molecular weight excluding hydrogens is 180 g/mol. The standard InChI is InChI=1S/C8H14.C7H12/c1-6-4-7(2)8(3)5-6;1-6-4-3-5-7(6)2/h4,6,8H,5H2,1-3H3;4,7H,3,5H2,1-2H3. The Hall–Kier alpha value is -0.520. The molecule has 0 saturated heterocycles. The molecule has 2 rings (SSSR count). The fourth-order valence-electron chi connectivity index (χ4n) is 2.41. The molecule has 0 N–H and O–H groups in total. The van der Waals surface area contributed by atoms with E-state index in [2.05, 4.69) is 46.8 Å². The Balaban J connectivity index is 0.000000151. The number of rotatable bonds is 0. The quantitative estimate of drug-likeness (QED) is 0.491. The van der Waals surface area contributed by atoms with Crippen LogP contribution in [0.1, 0.15) is 53.9 Å². The van der Waals surface area contributed by atoms with Crippen LogP contribution in [-0.4, -0.2) is 0 Å². The zero-order valence-corrected chi connectivity index (χ0v) is 11.0. The van der Waals surface area contributed by atoms with Crippen molar-refractivity contribution in [3.63, 3.8) is 0 Å². The normalized spacial score (nSPS) is 34.3. The zero-order valence-electron chi connectivity index (χ0n) is 11.0. The third kappa shape index (κ3) is 3.85. The molecule has 0 amide bonds. The van der Waals surface area contributed by atoms with Gasteiger partial charge in [-0.3, -0.25) is 0 Å². The zero-order chi connectivity index (χ0) is 11.4. The van der Waals surface area contributed by atoms with Crippen LogP contribution in [0, 0.1) is 17.8 Å². The second kappa shape index (κ2) is 5.53. The van der Waals surface area contributed by atoms with Gasteiger partial charge in [-0.05, 0) is 50.9 Å². The van der Waals surface area contributed by atoms with E-state index in [0.29, 0.717) is 0 Å². The lowest BCUT2D eigenvalue weighted by Gasteiger charge is -2.01. The maximum absolute atomic E-state index is 2.38. The van der Waals surface area contributed by atoms with Crippen LogP contribution in [0.25, 0.3) is 0 Å². The van der Waals surface area contributed by atoms with Gasteiger partial charge in [0.25, 0.3) is 0 Å². The Morgan fingerprint density at radius 1 is 1.00 bits per heavy atom. The lowest BCUT2D eigenvalue weighted by atomic mass is 10.0. The molecule has 0 fully saturated rings. The van der Waals surface area contributed by atoms with Crippen molar-refractivity contribution in [2.45, 2.75) is 53.9 Å². The smallest absolute Gasteiger partial charge is 0.0229 e. The lowest BCUT2D eigenvalue weighted by Crippen LogP contribution is -1.89. The van der Waals surface area contributed by atoms with E-state index in [1.807, 2.05) is 0 Å². The molecule has 0 bridgehead atoms. The van der Waals surface area contributed by atoms with Crippen LogP contribution >= 0.6 is 0 Å². The summed E-state index contributed by atoms with van der Waals surface area (Å²) in [5.41, 5.74) is 3.16. The summed E-state index contributed by atoms with van der Waals surface area (Å²) in [5.74, 6) is 2.56. The number of hydrogen-bond donors (Lipinski definition) is 0. The third-order valence-corrected chi connectivity index (χ3v) is 3.89. The van der Waals surface area contributed by atoms with Gasteiger partial charge in [0.05, 0.1) is 0 Å². The molecule has 2 aliphatic carbocycles. The first-order valence-electron chi connectivity index (χ1n) is 6.35. The van der Waals surface area contributed by atoms with Crippen molar-refractivity contribution in [2.24, 2.45) is 17.8 Å². The van der Waals surface area contributed by atoms with Gasteiger partial charge < -0.3 is 0 Å². The van der Waals surface area contributed by atoms with E-state index in [-0.39, 0.29) is 0 Å². The van der Waals surface area contributed by atoms with Crippen LogP contribution in [0.4, 0.5) is 0 Å². The van der Waals surface area contributed by atoms with Gasteiger partial charge in [0.2, 0.25) is 0 Å². The molecule has 0 heterocycles. The molecular formula is C15H26. The van der Waals surface area contributed by atoms with Gasteiger partial charge in [0.15, 0.2) is 0 Å². The molecule has 15 heavy (non-hydrogen) atoms. The molecule has 86 valence electrons. The van der Waals surface area contributed by atoms with Crippen molar-refractivity contribution in [2.75, 3.05) is 0 Å². The van der Waals surface area contributed by atoms with E-state index in [1.54, 1.807) is 11.1 Å². The van der Waals surface area contributed by atoms with Crippen molar-refractivity contribution in [1.82, 2.24) is 0 Å². The van der Waals surface area contributed by atoms with Crippen LogP contribution < -0.4 is 0 Å². The van der Waals surface area contributed by atoms with E-state index in [4.69, 9.17) is 0 Å². The minimum Gasteiger partial charge on any atom is -0.0853 e. The minimum absolute atomic E-state index is 0.838. The molecule has 0 aromatic rings. The molecule has 0 aliphatic heterocycles. The molecule has 0 heteroatoms. The third-order valence-electron chi connectivity index (χ3n) is 3.89. The summed E-state index contributed by atoms with van der Waals surface area (Å²) >= 11 is 0. The van der Waals surface area contributed by atoms with E-state index in [1.165, 1.54) is 19.3 Å². The summed E-state index contributed by atoms with van der Waals surface area (Å²) in [7, 11) is 0. The van der Waals surface area contributed by atoms with Gasteiger partial charge in [0.1, 0.15) is 0 Å². The van der Waals surface area contributed by atoms with Gasteiger partial charge >= 0.3 is 0 Å². The Bertz CT molecular complexity index is 257. The van der Waals surface area contributed by atoms with Gasteiger partial charge in [0, 0.05) is 0 Å². The minimum atomic E-state index is 0.838. The Morgan fingerprint density at radius 2 is 1.67 bits per heavy atom. The Morgan fingerprint density at radius 3 is 1.80 bits per heavy atom. The van der Waals surface area contributed by atoms with Crippen LogP contribution in [0.15, 0.2) is 23.3 Å². The average Bonchev–Trinajstić information content (AvgIpc) is 2.63. The molecule has 2 aliphatic rings. The predicted octanol–water partition coefficient (Wildman–Crippen LogP) is 4.97. The van der Waals surface area contributed by atoms with Crippen molar-refractivity contribution in [3.8, 4) is 0 Å². The summed E-state index contributed by atoms with van der Waals surface area (Å²) in [6.45, 7) is 11.3. The fourth-order valence-corrected chi connectivity index (χ4v) is 2.41. The number of hydrogen-bond acceptors (Lipinski definition) is 0. The molecule has 3 atom stereocenters. The molecule has 0 radical (unpaired) electrons. The van der Waals surface area contributed by atoms with Crippen molar-refractivity contribution in [3.05, 3.63) is 23.3 Å². The van der Waals surface area contributed by atoms with E-state index in [9.17, 15) is 0 Å². The topological polar surface area (TPSA) is 0 Å².